The Morgan fingerprint density at radius 1 is 1.56 bits per heavy atom. The lowest BCUT2D eigenvalue weighted by atomic mass is 10.8. The van der Waals surface area contributed by atoms with Gasteiger partial charge in [-0.25, -0.2) is 0 Å². The van der Waals surface area contributed by atoms with E-state index in [1.54, 1.807) is 0 Å². The fourth-order valence-corrected chi connectivity index (χ4v) is 1.31. The molecule has 0 fully saturated rings. The first-order valence-corrected chi connectivity index (χ1v) is 6.58. The molecule has 0 amide bonds. The summed E-state index contributed by atoms with van der Waals surface area (Å²) in [5.41, 5.74) is 0.590. The maximum absolute atomic E-state index is 8.38. The van der Waals surface area contributed by atoms with E-state index in [1.807, 2.05) is 13.1 Å². The van der Waals surface area contributed by atoms with Gasteiger partial charge in [-0.1, -0.05) is 0 Å². The van der Waals surface area contributed by atoms with E-state index in [4.69, 9.17) is 21.1 Å². The maximum atomic E-state index is 8.38. The van der Waals surface area contributed by atoms with E-state index < -0.39 is 8.32 Å². The smallest absolute Gasteiger partial charge is 0.201 e. The number of alkyl halides is 1. The van der Waals surface area contributed by atoms with Crippen molar-refractivity contribution in [1.82, 2.24) is 0 Å². The second-order valence-corrected chi connectivity index (χ2v) is 7.34. The van der Waals surface area contributed by atoms with Gasteiger partial charge in [0.1, 0.15) is 0 Å². The molecule has 56 valence electrons. The second-order valence-electron chi connectivity index (χ2n) is 2.47. The summed E-state index contributed by atoms with van der Waals surface area (Å²) in [5.74, 6) is 0. The highest BCUT2D eigenvalue weighted by Crippen LogP contribution is 2.04. The van der Waals surface area contributed by atoms with Crippen molar-refractivity contribution in [3.8, 4) is 0 Å². The molecule has 2 nitrogen and oxygen atoms in total. The summed E-state index contributed by atoms with van der Waals surface area (Å²) in [6.07, 6.45) is 0. The molecule has 0 bridgehead atoms. The summed E-state index contributed by atoms with van der Waals surface area (Å²) in [7, 11) is -1.59. The van der Waals surface area contributed by atoms with Crippen LogP contribution in [0.4, 0.5) is 0 Å². The summed E-state index contributed by atoms with van der Waals surface area (Å²) >= 11 is 5.58. The van der Waals surface area contributed by atoms with Crippen molar-refractivity contribution < 1.29 is 9.53 Å². The van der Waals surface area contributed by atoms with Crippen LogP contribution < -0.4 is 0 Å². The average molecular weight is 169 g/mol. The lowest BCUT2D eigenvalue weighted by Gasteiger charge is -2.18. The normalized spacial score (nSPS) is 12.0. The van der Waals surface area contributed by atoms with Crippen LogP contribution in [0.15, 0.2) is 0 Å². The Labute approximate surface area is 61.9 Å². The van der Waals surface area contributed by atoms with Crippen LogP contribution >= 0.6 is 11.6 Å². The van der Waals surface area contributed by atoms with Crippen molar-refractivity contribution in [2.24, 2.45) is 0 Å². The number of rotatable bonds is 4. The van der Waals surface area contributed by atoms with Crippen LogP contribution in [0.3, 0.4) is 0 Å². The van der Waals surface area contributed by atoms with Gasteiger partial charge in [-0.15, -0.1) is 11.6 Å². The Morgan fingerprint density at radius 3 is 2.44 bits per heavy atom. The lowest BCUT2D eigenvalue weighted by molar-refractivity contribution is 0.196. The highest BCUT2D eigenvalue weighted by atomic mass is 35.5. The van der Waals surface area contributed by atoms with E-state index in [0.717, 1.165) is 0 Å². The van der Waals surface area contributed by atoms with Crippen molar-refractivity contribution in [3.05, 3.63) is 0 Å². The first-order chi connectivity index (χ1) is 4.12. The van der Waals surface area contributed by atoms with Gasteiger partial charge in [-0.05, 0) is 13.1 Å². The lowest BCUT2D eigenvalue weighted by Crippen LogP contribution is -2.34. The summed E-state index contributed by atoms with van der Waals surface area (Å²) in [5, 5.41) is 8.38. The fourth-order valence-electron chi connectivity index (χ4n) is 0.361. The van der Waals surface area contributed by atoms with E-state index in [9.17, 15) is 0 Å². The van der Waals surface area contributed by atoms with Crippen LogP contribution in [0.1, 0.15) is 0 Å². The number of hydrogen-bond donors (Lipinski definition) is 1. The maximum Gasteiger partial charge on any atom is 0.201 e. The number of hydrogen-bond acceptors (Lipinski definition) is 2. The third-order valence-electron chi connectivity index (χ3n) is 0.906. The summed E-state index contributed by atoms with van der Waals surface area (Å²) in [6.45, 7) is 4.56. The van der Waals surface area contributed by atoms with Crippen LogP contribution in [0.5, 0.6) is 0 Å². The molecule has 0 saturated heterocycles. The molecule has 9 heavy (non-hydrogen) atoms. The second kappa shape index (κ2) is 4.28. The molecule has 0 saturated carbocycles. The zero-order chi connectivity index (χ0) is 7.33. The van der Waals surface area contributed by atoms with E-state index in [0.29, 0.717) is 12.1 Å². The van der Waals surface area contributed by atoms with Gasteiger partial charge in [0, 0.05) is 5.50 Å². The van der Waals surface area contributed by atoms with Crippen LogP contribution in [0.25, 0.3) is 0 Å². The molecular formula is C5H13ClO2Si. The van der Waals surface area contributed by atoms with Gasteiger partial charge in [0.15, 0.2) is 0 Å². The molecule has 0 aromatic rings. The predicted molar refractivity (Wildman–Crippen MR) is 41.2 cm³/mol. The molecule has 1 N–H and O–H groups in total. The zero-order valence-corrected chi connectivity index (χ0v) is 7.61. The van der Waals surface area contributed by atoms with Gasteiger partial charge in [-0.3, -0.25) is 0 Å². The van der Waals surface area contributed by atoms with E-state index in [2.05, 4.69) is 0 Å². The molecule has 0 radical (unpaired) electrons. The van der Waals surface area contributed by atoms with Gasteiger partial charge in [0.05, 0.1) is 13.2 Å². The van der Waals surface area contributed by atoms with Gasteiger partial charge in [-0.2, -0.15) is 0 Å². The third-order valence-corrected chi connectivity index (χ3v) is 4.47. The highest BCUT2D eigenvalue weighted by molar-refractivity contribution is 6.77. The molecule has 0 aromatic heterocycles. The zero-order valence-electron chi connectivity index (χ0n) is 5.85. The van der Waals surface area contributed by atoms with Gasteiger partial charge in [0.2, 0.25) is 8.32 Å². The molecule has 0 aromatic carbocycles. The number of aliphatic hydroxyl groups is 1. The molecule has 0 unspecified atom stereocenters. The summed E-state index contributed by atoms with van der Waals surface area (Å²) in [4.78, 5) is 0. The van der Waals surface area contributed by atoms with Gasteiger partial charge < -0.3 is 9.53 Å². The number of aliphatic hydroxyl groups excluding tert-OH is 1. The van der Waals surface area contributed by atoms with Crippen molar-refractivity contribution >= 4 is 19.9 Å². The molecule has 0 aliphatic rings. The minimum absolute atomic E-state index is 0.0906. The van der Waals surface area contributed by atoms with E-state index in [1.165, 1.54) is 0 Å². The topological polar surface area (TPSA) is 29.5 Å². The standard InChI is InChI=1S/C5H13ClO2Si/c1-9(2,5-6)8-4-3-7/h7H,3-5H2,1-2H3. The first kappa shape index (κ1) is 9.43. The van der Waals surface area contributed by atoms with E-state index >= 15 is 0 Å². The fraction of sp³-hybridized carbons (Fsp3) is 1.00. The summed E-state index contributed by atoms with van der Waals surface area (Å²) < 4.78 is 5.28. The minimum Gasteiger partial charge on any atom is -0.414 e. The SMILES string of the molecule is C[Si](C)(CCl)OCCO. The van der Waals surface area contributed by atoms with E-state index in [-0.39, 0.29) is 6.61 Å². The van der Waals surface area contributed by atoms with Crippen molar-refractivity contribution in [2.45, 2.75) is 13.1 Å². The average Bonchev–Trinajstić information content (AvgIpc) is 1.84. The van der Waals surface area contributed by atoms with Crippen LogP contribution in [0.2, 0.25) is 13.1 Å². The van der Waals surface area contributed by atoms with Crippen molar-refractivity contribution in [3.63, 3.8) is 0 Å². The molecule has 0 aliphatic heterocycles. The molecule has 0 heterocycles. The molecule has 4 heteroatoms. The Morgan fingerprint density at radius 2 is 2.11 bits per heavy atom. The summed E-state index contributed by atoms with van der Waals surface area (Å²) in [6, 6.07) is 0. The third kappa shape index (κ3) is 4.90. The first-order valence-electron chi connectivity index (χ1n) is 2.93. The van der Waals surface area contributed by atoms with Crippen LogP contribution in [-0.4, -0.2) is 32.1 Å². The van der Waals surface area contributed by atoms with Crippen molar-refractivity contribution in [1.29, 1.82) is 0 Å². The molecule has 0 aliphatic carbocycles. The molecular weight excluding hydrogens is 156 g/mol. The van der Waals surface area contributed by atoms with Crippen LogP contribution in [0, 0.1) is 0 Å². The molecule has 0 rings (SSSR count). The van der Waals surface area contributed by atoms with Crippen LogP contribution in [-0.2, 0) is 4.43 Å². The Balaban J connectivity index is 3.33. The van der Waals surface area contributed by atoms with Gasteiger partial charge in [0.25, 0.3) is 0 Å². The van der Waals surface area contributed by atoms with Gasteiger partial charge >= 0.3 is 0 Å². The predicted octanol–water partition coefficient (Wildman–Crippen LogP) is 0.978. The highest BCUT2D eigenvalue weighted by Gasteiger charge is 2.19. The largest absolute Gasteiger partial charge is 0.414 e. The Bertz CT molecular complexity index is 77.4. The quantitative estimate of drug-likeness (QED) is 0.501. The Hall–Kier alpha value is 0.427. The molecule has 0 spiro atoms. The Kier molecular flexibility index (Phi) is 4.48. The van der Waals surface area contributed by atoms with Crippen molar-refractivity contribution in [2.75, 3.05) is 18.7 Å². The molecule has 0 atom stereocenters. The number of halogens is 1. The monoisotopic (exact) mass is 168 g/mol. The minimum atomic E-state index is -1.59.